The first-order valence-corrected chi connectivity index (χ1v) is 9.40. The van der Waals surface area contributed by atoms with Gasteiger partial charge in [0, 0.05) is 24.3 Å². The summed E-state index contributed by atoms with van der Waals surface area (Å²) in [6.45, 7) is 0. The molecule has 0 radical (unpaired) electrons. The van der Waals surface area contributed by atoms with E-state index in [9.17, 15) is 4.79 Å². The minimum Gasteiger partial charge on any atom is -0.497 e. The number of hydrogen-bond acceptors (Lipinski definition) is 4. The number of unbranched alkanes of at least 4 members (excludes halogenated alkanes) is 1. The molecule has 0 unspecified atom stereocenters. The van der Waals surface area contributed by atoms with E-state index in [4.69, 9.17) is 10.5 Å². The average molecular weight is 343 g/mol. The van der Waals surface area contributed by atoms with Crippen LogP contribution in [0.3, 0.4) is 0 Å². The number of anilines is 1. The largest absolute Gasteiger partial charge is 0.497 e. The molecule has 2 aromatic rings. The Labute approximate surface area is 148 Å². The number of carbonyl (C=O) groups is 1. The van der Waals surface area contributed by atoms with Gasteiger partial charge < -0.3 is 10.5 Å². The molecule has 0 saturated heterocycles. The summed E-state index contributed by atoms with van der Waals surface area (Å²) in [6.07, 6.45) is 3.10. The van der Waals surface area contributed by atoms with Crippen LogP contribution in [0.5, 0.6) is 5.75 Å². The number of rotatable bonds is 10. The second-order valence-electron chi connectivity index (χ2n) is 5.77. The third-order valence-corrected chi connectivity index (χ3v) is 4.98. The molecule has 0 aliphatic rings. The minimum atomic E-state index is 0.271. The van der Waals surface area contributed by atoms with Crippen LogP contribution in [-0.2, 0) is 17.0 Å². The first-order chi connectivity index (χ1) is 11.7. The number of hydrogen-bond donors (Lipinski definition) is 1. The van der Waals surface area contributed by atoms with Crippen molar-refractivity contribution >= 4 is 23.2 Å². The molecule has 0 amide bonds. The zero-order valence-electron chi connectivity index (χ0n) is 14.2. The molecule has 0 saturated carbocycles. The van der Waals surface area contributed by atoms with Gasteiger partial charge in [-0.15, -0.1) is 0 Å². The molecular weight excluding hydrogens is 318 g/mol. The van der Waals surface area contributed by atoms with Crippen molar-refractivity contribution in [2.45, 2.75) is 31.4 Å². The van der Waals surface area contributed by atoms with E-state index in [1.165, 1.54) is 5.56 Å². The van der Waals surface area contributed by atoms with Crippen LogP contribution in [0.25, 0.3) is 0 Å². The summed E-state index contributed by atoms with van der Waals surface area (Å²) in [6, 6.07) is 15.8. The highest BCUT2D eigenvalue weighted by molar-refractivity contribution is 7.98. The molecule has 0 atom stereocenters. The zero-order valence-corrected chi connectivity index (χ0v) is 15.0. The normalized spacial score (nSPS) is 10.5. The van der Waals surface area contributed by atoms with E-state index in [1.54, 1.807) is 7.11 Å². The van der Waals surface area contributed by atoms with Crippen molar-refractivity contribution in [2.24, 2.45) is 0 Å². The average Bonchev–Trinajstić information content (AvgIpc) is 2.60. The highest BCUT2D eigenvalue weighted by atomic mass is 32.2. The highest BCUT2D eigenvalue weighted by Crippen LogP contribution is 2.18. The Kier molecular flexibility index (Phi) is 7.69. The molecule has 2 N–H and O–H groups in total. The Morgan fingerprint density at radius 2 is 1.83 bits per heavy atom. The minimum absolute atomic E-state index is 0.271. The van der Waals surface area contributed by atoms with Gasteiger partial charge in [0.1, 0.15) is 11.5 Å². The van der Waals surface area contributed by atoms with Crippen LogP contribution in [0.4, 0.5) is 5.69 Å². The van der Waals surface area contributed by atoms with Crippen LogP contribution < -0.4 is 10.5 Å². The van der Waals surface area contributed by atoms with E-state index in [0.29, 0.717) is 18.5 Å². The van der Waals surface area contributed by atoms with Crippen LogP contribution >= 0.6 is 11.8 Å². The van der Waals surface area contributed by atoms with Crippen molar-refractivity contribution in [3.05, 3.63) is 59.7 Å². The molecule has 0 heterocycles. The van der Waals surface area contributed by atoms with Gasteiger partial charge in [-0.3, -0.25) is 4.79 Å². The molecule has 0 aliphatic carbocycles. The Bertz CT molecular complexity index is 640. The Morgan fingerprint density at radius 3 is 2.54 bits per heavy atom. The molecule has 2 aromatic carbocycles. The van der Waals surface area contributed by atoms with E-state index in [2.05, 4.69) is 12.1 Å². The molecule has 3 nitrogen and oxygen atoms in total. The first-order valence-electron chi connectivity index (χ1n) is 8.25. The number of thioether (sulfide) groups is 1. The maximum absolute atomic E-state index is 12.0. The maximum atomic E-state index is 12.0. The molecule has 0 fully saturated rings. The quantitative estimate of drug-likeness (QED) is 0.510. The van der Waals surface area contributed by atoms with E-state index in [1.807, 2.05) is 48.2 Å². The van der Waals surface area contributed by atoms with Crippen LogP contribution in [0.15, 0.2) is 48.5 Å². The molecule has 128 valence electrons. The number of ether oxygens (including phenoxy) is 1. The summed E-state index contributed by atoms with van der Waals surface area (Å²) in [5, 5.41) is 0. The lowest BCUT2D eigenvalue weighted by atomic mass is 10.0. The van der Waals surface area contributed by atoms with Gasteiger partial charge >= 0.3 is 0 Å². The summed E-state index contributed by atoms with van der Waals surface area (Å²) in [5.41, 5.74) is 8.83. The number of methoxy groups -OCH3 is 1. The summed E-state index contributed by atoms with van der Waals surface area (Å²) in [4.78, 5) is 12.0. The van der Waals surface area contributed by atoms with Gasteiger partial charge in [-0.25, -0.2) is 0 Å². The standard InChI is InChI=1S/C20H25NO2S/c1-23-19-11-9-16(10-12-19)15-24-13-5-4-7-18(22)14-17-6-2-3-8-20(17)21/h2-3,6,8-12H,4-5,7,13-15,21H2,1H3. The number of nitrogens with two attached hydrogens (primary N) is 1. The Hall–Kier alpha value is -1.94. The molecule has 24 heavy (non-hydrogen) atoms. The van der Waals surface area contributed by atoms with Gasteiger partial charge in [-0.05, 0) is 47.9 Å². The van der Waals surface area contributed by atoms with Crippen LogP contribution in [0.2, 0.25) is 0 Å². The monoisotopic (exact) mass is 343 g/mol. The fourth-order valence-electron chi connectivity index (χ4n) is 2.43. The number of nitrogen functional groups attached to an aromatic ring is 1. The third kappa shape index (κ3) is 6.28. The van der Waals surface area contributed by atoms with Crippen molar-refractivity contribution in [3.63, 3.8) is 0 Å². The molecular formula is C20H25NO2S. The maximum Gasteiger partial charge on any atom is 0.137 e. The molecule has 4 heteroatoms. The number of Topliss-reactive ketones (excluding diaryl/α,β-unsaturated/α-hetero) is 1. The van der Waals surface area contributed by atoms with Crippen molar-refractivity contribution < 1.29 is 9.53 Å². The van der Waals surface area contributed by atoms with Crippen molar-refractivity contribution in [3.8, 4) is 5.75 Å². The topological polar surface area (TPSA) is 52.3 Å². The van der Waals surface area contributed by atoms with Crippen LogP contribution in [0.1, 0.15) is 30.4 Å². The number of para-hydroxylation sites is 1. The Morgan fingerprint density at radius 1 is 1.08 bits per heavy atom. The van der Waals surface area contributed by atoms with Gasteiger partial charge in [0.05, 0.1) is 7.11 Å². The van der Waals surface area contributed by atoms with E-state index < -0.39 is 0 Å². The Balaban J connectivity index is 1.57. The number of benzene rings is 2. The first kappa shape index (κ1) is 18.4. The lowest BCUT2D eigenvalue weighted by molar-refractivity contribution is -0.118. The van der Waals surface area contributed by atoms with Crippen LogP contribution in [0, 0.1) is 0 Å². The molecule has 0 aromatic heterocycles. The summed E-state index contributed by atoms with van der Waals surface area (Å²) in [7, 11) is 1.68. The molecule has 0 bridgehead atoms. The number of ketones is 1. The van der Waals surface area contributed by atoms with Crippen LogP contribution in [-0.4, -0.2) is 18.6 Å². The smallest absolute Gasteiger partial charge is 0.137 e. The highest BCUT2D eigenvalue weighted by Gasteiger charge is 2.06. The second-order valence-corrected chi connectivity index (χ2v) is 6.88. The van der Waals surface area contributed by atoms with E-state index in [0.717, 1.165) is 35.7 Å². The third-order valence-electron chi connectivity index (χ3n) is 3.86. The van der Waals surface area contributed by atoms with Crippen molar-refractivity contribution in [2.75, 3.05) is 18.6 Å². The van der Waals surface area contributed by atoms with Crippen molar-refractivity contribution in [1.82, 2.24) is 0 Å². The fourth-order valence-corrected chi connectivity index (χ4v) is 3.41. The molecule has 0 spiro atoms. The fraction of sp³-hybridized carbons (Fsp3) is 0.350. The van der Waals surface area contributed by atoms with Gasteiger partial charge in [-0.1, -0.05) is 30.3 Å². The van der Waals surface area contributed by atoms with Gasteiger partial charge in [0.15, 0.2) is 0 Å². The summed E-state index contributed by atoms with van der Waals surface area (Å²) in [5.74, 6) is 3.24. The van der Waals surface area contributed by atoms with E-state index >= 15 is 0 Å². The van der Waals surface area contributed by atoms with Gasteiger partial charge in [0.2, 0.25) is 0 Å². The van der Waals surface area contributed by atoms with E-state index in [-0.39, 0.29) is 5.78 Å². The molecule has 0 aliphatic heterocycles. The molecule has 2 rings (SSSR count). The SMILES string of the molecule is COc1ccc(CSCCCCC(=O)Cc2ccccc2N)cc1. The van der Waals surface area contributed by atoms with Gasteiger partial charge in [0.25, 0.3) is 0 Å². The van der Waals surface area contributed by atoms with Gasteiger partial charge in [-0.2, -0.15) is 11.8 Å². The summed E-state index contributed by atoms with van der Waals surface area (Å²) >= 11 is 1.91. The predicted octanol–water partition coefficient (Wildman–Crippen LogP) is 4.49. The zero-order chi connectivity index (χ0) is 17.2. The number of carbonyl (C=O) groups excluding carboxylic acids is 1. The summed E-state index contributed by atoms with van der Waals surface area (Å²) < 4.78 is 5.15. The lowest BCUT2D eigenvalue weighted by Crippen LogP contribution is -2.05. The predicted molar refractivity (Wildman–Crippen MR) is 103 cm³/mol. The lowest BCUT2D eigenvalue weighted by Gasteiger charge is -2.05. The second kappa shape index (κ2) is 10.0. The van der Waals surface area contributed by atoms with Crippen molar-refractivity contribution in [1.29, 1.82) is 0 Å².